The highest BCUT2D eigenvalue weighted by atomic mass is 79.9. The normalized spacial score (nSPS) is 10.3. The molecule has 1 aromatic carbocycles. The lowest BCUT2D eigenvalue weighted by molar-refractivity contribution is 0.437. The average molecular weight is 293 g/mol. The molecule has 0 aliphatic rings. The number of ether oxygens (including phenoxy) is 1. The molecule has 0 radical (unpaired) electrons. The fraction of sp³-hybridized carbons (Fsp3) is 0.231. The van der Waals surface area contributed by atoms with Crippen molar-refractivity contribution in [1.82, 2.24) is 9.97 Å². The lowest BCUT2D eigenvalue weighted by Gasteiger charge is -2.08. The van der Waals surface area contributed by atoms with Gasteiger partial charge in [-0.3, -0.25) is 0 Å². The summed E-state index contributed by atoms with van der Waals surface area (Å²) in [4.78, 5) is 8.30. The van der Waals surface area contributed by atoms with E-state index in [9.17, 15) is 0 Å². The van der Waals surface area contributed by atoms with Gasteiger partial charge in [0.05, 0.1) is 0 Å². The molecule has 3 nitrogen and oxygen atoms in total. The first kappa shape index (κ1) is 12.0. The summed E-state index contributed by atoms with van der Waals surface area (Å²) in [6.07, 6.45) is 3.50. The van der Waals surface area contributed by atoms with Gasteiger partial charge in [0.2, 0.25) is 0 Å². The van der Waals surface area contributed by atoms with E-state index in [1.807, 2.05) is 19.1 Å². The number of aryl methyl sites for hydroxylation is 1. The Hall–Kier alpha value is -1.42. The van der Waals surface area contributed by atoms with E-state index in [0.29, 0.717) is 6.01 Å². The van der Waals surface area contributed by atoms with Crippen LogP contribution in [0.15, 0.2) is 30.6 Å². The fourth-order valence-electron chi connectivity index (χ4n) is 1.40. The Balaban J connectivity index is 2.22. The minimum atomic E-state index is 0.378. The molecule has 88 valence electrons. The van der Waals surface area contributed by atoms with Crippen LogP contribution in [0.5, 0.6) is 11.8 Å². The lowest BCUT2D eigenvalue weighted by Crippen LogP contribution is -1.95. The quantitative estimate of drug-likeness (QED) is 0.808. The van der Waals surface area contributed by atoms with Crippen LogP contribution in [0.1, 0.15) is 16.7 Å². The molecule has 2 rings (SSSR count). The van der Waals surface area contributed by atoms with E-state index in [-0.39, 0.29) is 0 Å². The smallest absolute Gasteiger partial charge is 0.321 e. The number of halogens is 1. The SMILES string of the molecule is Cc1cccc(Oc2ncc(CBr)cn2)c1C. The van der Waals surface area contributed by atoms with Crippen molar-refractivity contribution in [2.24, 2.45) is 0 Å². The summed E-state index contributed by atoms with van der Waals surface area (Å²) in [6.45, 7) is 4.08. The van der Waals surface area contributed by atoms with Crippen molar-refractivity contribution in [2.75, 3.05) is 0 Å². The molecule has 0 saturated carbocycles. The third-order valence-electron chi connectivity index (χ3n) is 2.59. The van der Waals surface area contributed by atoms with Crippen LogP contribution >= 0.6 is 15.9 Å². The summed E-state index contributed by atoms with van der Waals surface area (Å²) in [5.41, 5.74) is 3.33. The first-order valence-electron chi connectivity index (χ1n) is 5.31. The average Bonchev–Trinajstić information content (AvgIpc) is 2.36. The number of alkyl halides is 1. The highest BCUT2D eigenvalue weighted by molar-refractivity contribution is 9.08. The number of nitrogens with zero attached hydrogens (tertiary/aromatic N) is 2. The molecule has 1 heterocycles. The molecule has 0 atom stereocenters. The Kier molecular flexibility index (Phi) is 3.74. The van der Waals surface area contributed by atoms with Gasteiger partial charge in [-0.25, -0.2) is 9.97 Å². The molecule has 0 bridgehead atoms. The van der Waals surface area contributed by atoms with E-state index < -0.39 is 0 Å². The molecule has 0 fully saturated rings. The Bertz CT molecular complexity index is 511. The summed E-state index contributed by atoms with van der Waals surface area (Å²) < 4.78 is 5.65. The van der Waals surface area contributed by atoms with Gasteiger partial charge in [-0.2, -0.15) is 0 Å². The highest BCUT2D eigenvalue weighted by Crippen LogP contribution is 2.24. The van der Waals surface area contributed by atoms with Crippen LogP contribution in [-0.4, -0.2) is 9.97 Å². The third kappa shape index (κ3) is 2.82. The lowest BCUT2D eigenvalue weighted by atomic mass is 10.1. The zero-order chi connectivity index (χ0) is 12.3. The summed E-state index contributed by atoms with van der Waals surface area (Å²) in [5, 5.41) is 0.747. The molecule has 0 amide bonds. The zero-order valence-corrected chi connectivity index (χ0v) is 11.4. The Morgan fingerprint density at radius 1 is 1.18 bits per heavy atom. The molecule has 2 aromatic rings. The topological polar surface area (TPSA) is 35.0 Å². The van der Waals surface area contributed by atoms with Crippen molar-refractivity contribution >= 4 is 15.9 Å². The maximum absolute atomic E-state index is 5.65. The second-order valence-corrected chi connectivity index (χ2v) is 4.37. The Morgan fingerprint density at radius 2 is 1.88 bits per heavy atom. The van der Waals surface area contributed by atoms with Crippen molar-refractivity contribution in [3.63, 3.8) is 0 Å². The van der Waals surface area contributed by atoms with Gasteiger partial charge >= 0.3 is 6.01 Å². The van der Waals surface area contributed by atoms with Gasteiger partial charge in [0.15, 0.2) is 0 Å². The van der Waals surface area contributed by atoms with Crippen molar-refractivity contribution in [2.45, 2.75) is 19.2 Å². The predicted molar refractivity (Wildman–Crippen MR) is 70.7 cm³/mol. The molecule has 0 aliphatic carbocycles. The van der Waals surface area contributed by atoms with E-state index in [2.05, 4.69) is 38.9 Å². The molecule has 0 unspecified atom stereocenters. The van der Waals surface area contributed by atoms with Crippen LogP contribution in [0.2, 0.25) is 0 Å². The molecule has 17 heavy (non-hydrogen) atoms. The number of aromatic nitrogens is 2. The minimum absolute atomic E-state index is 0.378. The summed E-state index contributed by atoms with van der Waals surface area (Å²) in [5.74, 6) is 0.802. The molecule has 4 heteroatoms. The monoisotopic (exact) mass is 292 g/mol. The maximum Gasteiger partial charge on any atom is 0.321 e. The van der Waals surface area contributed by atoms with Gasteiger partial charge in [-0.15, -0.1) is 0 Å². The van der Waals surface area contributed by atoms with E-state index in [1.165, 1.54) is 5.56 Å². The predicted octanol–water partition coefficient (Wildman–Crippen LogP) is 3.78. The maximum atomic E-state index is 5.65. The van der Waals surface area contributed by atoms with Gasteiger partial charge in [0, 0.05) is 17.7 Å². The number of hydrogen-bond acceptors (Lipinski definition) is 3. The van der Waals surface area contributed by atoms with Gasteiger partial charge in [0.25, 0.3) is 0 Å². The summed E-state index contributed by atoms with van der Waals surface area (Å²) >= 11 is 3.35. The largest absolute Gasteiger partial charge is 0.424 e. The van der Waals surface area contributed by atoms with Crippen LogP contribution in [0.3, 0.4) is 0 Å². The zero-order valence-electron chi connectivity index (χ0n) is 9.77. The molecular weight excluding hydrogens is 280 g/mol. The molecular formula is C13H13BrN2O. The van der Waals surface area contributed by atoms with Crippen molar-refractivity contribution < 1.29 is 4.74 Å². The van der Waals surface area contributed by atoms with Crippen LogP contribution in [0, 0.1) is 13.8 Å². The number of rotatable bonds is 3. The van der Waals surface area contributed by atoms with Crippen molar-refractivity contribution in [3.05, 3.63) is 47.3 Å². The molecule has 0 saturated heterocycles. The van der Waals surface area contributed by atoms with Gasteiger partial charge in [-0.05, 0) is 36.6 Å². The third-order valence-corrected chi connectivity index (χ3v) is 3.24. The van der Waals surface area contributed by atoms with Crippen LogP contribution in [-0.2, 0) is 5.33 Å². The van der Waals surface area contributed by atoms with E-state index in [1.54, 1.807) is 12.4 Å². The Labute approximate surface area is 109 Å². The van der Waals surface area contributed by atoms with Gasteiger partial charge in [-0.1, -0.05) is 28.1 Å². The number of hydrogen-bond donors (Lipinski definition) is 0. The van der Waals surface area contributed by atoms with E-state index >= 15 is 0 Å². The standard InChI is InChI=1S/C13H13BrN2O/c1-9-4-3-5-12(10(9)2)17-13-15-7-11(6-14)8-16-13/h3-5,7-8H,6H2,1-2H3. The van der Waals surface area contributed by atoms with Crippen molar-refractivity contribution in [1.29, 1.82) is 0 Å². The molecule has 0 N–H and O–H groups in total. The summed E-state index contributed by atoms with van der Waals surface area (Å²) in [7, 11) is 0. The molecule has 0 spiro atoms. The van der Waals surface area contributed by atoms with Crippen LogP contribution in [0.4, 0.5) is 0 Å². The Morgan fingerprint density at radius 3 is 2.53 bits per heavy atom. The first-order valence-corrected chi connectivity index (χ1v) is 6.44. The highest BCUT2D eigenvalue weighted by Gasteiger charge is 2.05. The van der Waals surface area contributed by atoms with Crippen LogP contribution in [0.25, 0.3) is 0 Å². The van der Waals surface area contributed by atoms with E-state index in [4.69, 9.17) is 4.74 Å². The van der Waals surface area contributed by atoms with E-state index in [0.717, 1.165) is 22.2 Å². The van der Waals surface area contributed by atoms with Gasteiger partial charge in [0.1, 0.15) is 5.75 Å². The van der Waals surface area contributed by atoms with Crippen LogP contribution < -0.4 is 4.74 Å². The van der Waals surface area contributed by atoms with Crippen molar-refractivity contribution in [3.8, 4) is 11.8 Å². The second kappa shape index (κ2) is 5.27. The molecule has 0 aliphatic heterocycles. The first-order chi connectivity index (χ1) is 8.20. The summed E-state index contributed by atoms with van der Waals surface area (Å²) in [6, 6.07) is 6.31. The minimum Gasteiger partial charge on any atom is -0.424 e. The molecule has 1 aromatic heterocycles. The second-order valence-electron chi connectivity index (χ2n) is 3.81. The fourth-order valence-corrected chi connectivity index (χ4v) is 1.69. The van der Waals surface area contributed by atoms with Gasteiger partial charge < -0.3 is 4.74 Å². The number of benzene rings is 1.